The van der Waals surface area contributed by atoms with Crippen LogP contribution in [-0.2, 0) is 0 Å². The van der Waals surface area contributed by atoms with Crippen LogP contribution < -0.4 is 15.4 Å². The van der Waals surface area contributed by atoms with Gasteiger partial charge in [0.2, 0.25) is 0 Å². The number of ether oxygens (including phenoxy) is 1. The van der Waals surface area contributed by atoms with Crippen molar-refractivity contribution in [2.45, 2.75) is 18.9 Å². The number of likely N-dealkylation sites (tertiary alicyclic amines) is 1. The minimum atomic E-state index is 0. The summed E-state index contributed by atoms with van der Waals surface area (Å²) in [5.74, 6) is 0.887. The summed E-state index contributed by atoms with van der Waals surface area (Å²) in [6.45, 7) is 1.57. The number of methoxy groups -OCH3 is 1. The van der Waals surface area contributed by atoms with Gasteiger partial charge in [0.15, 0.2) is 0 Å². The summed E-state index contributed by atoms with van der Waals surface area (Å²) in [7, 11) is 3.60. The Bertz CT molecular complexity index is 721. The lowest BCUT2D eigenvalue weighted by molar-refractivity contribution is 0.0699. The van der Waals surface area contributed by atoms with Gasteiger partial charge < -0.3 is 20.3 Å². The molecule has 2 aromatic rings. The number of likely N-dealkylation sites (N-methyl/N-ethyl adjacent to an activating group) is 1. The first-order chi connectivity index (χ1) is 12.2. The van der Waals surface area contributed by atoms with Crippen molar-refractivity contribution in [3.63, 3.8) is 0 Å². The SMILES string of the molecule is CNC1CCCN(C(=O)c2ccccc2Nc2ccc(OC)cc2)C1.Cl. The first kappa shape index (κ1) is 20.1. The minimum Gasteiger partial charge on any atom is -0.497 e. The van der Waals surface area contributed by atoms with Gasteiger partial charge in [-0.3, -0.25) is 4.79 Å². The molecule has 140 valence electrons. The Labute approximate surface area is 161 Å². The molecule has 1 fully saturated rings. The van der Waals surface area contributed by atoms with Gasteiger partial charge in [-0.2, -0.15) is 0 Å². The first-order valence-corrected chi connectivity index (χ1v) is 8.68. The second-order valence-corrected chi connectivity index (χ2v) is 6.28. The number of hydrogen-bond donors (Lipinski definition) is 2. The fourth-order valence-electron chi connectivity index (χ4n) is 3.18. The molecule has 1 heterocycles. The molecule has 1 aliphatic heterocycles. The summed E-state index contributed by atoms with van der Waals surface area (Å²) < 4.78 is 5.19. The zero-order chi connectivity index (χ0) is 17.6. The number of carbonyl (C=O) groups excluding carboxylic acids is 1. The van der Waals surface area contributed by atoms with E-state index in [4.69, 9.17) is 4.74 Å². The number of benzene rings is 2. The molecule has 0 aromatic heterocycles. The van der Waals surface area contributed by atoms with Crippen molar-refractivity contribution >= 4 is 29.7 Å². The van der Waals surface area contributed by atoms with Crippen LogP contribution in [0.1, 0.15) is 23.2 Å². The highest BCUT2D eigenvalue weighted by atomic mass is 35.5. The van der Waals surface area contributed by atoms with Crippen LogP contribution in [0, 0.1) is 0 Å². The molecule has 1 aliphatic rings. The molecule has 0 saturated carbocycles. The van der Waals surface area contributed by atoms with Crippen LogP contribution >= 0.6 is 12.4 Å². The Kier molecular flexibility index (Phi) is 7.30. The second kappa shape index (κ2) is 9.46. The molecule has 1 atom stereocenters. The number of amides is 1. The number of rotatable bonds is 5. The summed E-state index contributed by atoms with van der Waals surface area (Å²) in [5.41, 5.74) is 2.45. The van der Waals surface area contributed by atoms with Gasteiger partial charge in [-0.25, -0.2) is 0 Å². The Hall–Kier alpha value is -2.24. The Balaban J connectivity index is 0.00000243. The Morgan fingerprint density at radius 1 is 1.15 bits per heavy atom. The lowest BCUT2D eigenvalue weighted by Gasteiger charge is -2.33. The van der Waals surface area contributed by atoms with Crippen molar-refractivity contribution in [1.82, 2.24) is 10.2 Å². The maximum absolute atomic E-state index is 13.0. The second-order valence-electron chi connectivity index (χ2n) is 6.28. The third-order valence-electron chi connectivity index (χ3n) is 4.64. The number of piperidine rings is 1. The molecule has 2 N–H and O–H groups in total. The Morgan fingerprint density at radius 2 is 1.88 bits per heavy atom. The van der Waals surface area contributed by atoms with Gasteiger partial charge in [0.05, 0.1) is 18.4 Å². The van der Waals surface area contributed by atoms with E-state index >= 15 is 0 Å². The molecule has 6 heteroatoms. The van der Waals surface area contributed by atoms with Gasteiger partial charge in [-0.05, 0) is 56.3 Å². The Morgan fingerprint density at radius 3 is 2.58 bits per heavy atom. The van der Waals surface area contributed by atoms with E-state index in [1.165, 1.54) is 0 Å². The predicted molar refractivity (Wildman–Crippen MR) is 108 cm³/mol. The molecule has 0 bridgehead atoms. The molecule has 0 spiro atoms. The number of halogens is 1. The van der Waals surface area contributed by atoms with E-state index < -0.39 is 0 Å². The highest BCUT2D eigenvalue weighted by Crippen LogP contribution is 2.25. The van der Waals surface area contributed by atoms with Gasteiger partial charge in [-0.15, -0.1) is 12.4 Å². The van der Waals surface area contributed by atoms with Gasteiger partial charge in [-0.1, -0.05) is 12.1 Å². The first-order valence-electron chi connectivity index (χ1n) is 8.68. The number of hydrogen-bond acceptors (Lipinski definition) is 4. The van der Waals surface area contributed by atoms with Crippen molar-refractivity contribution in [3.05, 3.63) is 54.1 Å². The van der Waals surface area contributed by atoms with E-state index in [0.717, 1.165) is 43.1 Å². The molecule has 26 heavy (non-hydrogen) atoms. The average Bonchev–Trinajstić information content (AvgIpc) is 2.68. The molecular formula is C20H26ClN3O2. The van der Waals surface area contributed by atoms with Crippen LogP contribution in [0.25, 0.3) is 0 Å². The quantitative estimate of drug-likeness (QED) is 0.837. The summed E-state index contributed by atoms with van der Waals surface area (Å²) in [6, 6.07) is 15.7. The maximum atomic E-state index is 13.0. The monoisotopic (exact) mass is 375 g/mol. The topological polar surface area (TPSA) is 53.6 Å². The van der Waals surface area contributed by atoms with Crippen LogP contribution in [0.5, 0.6) is 5.75 Å². The summed E-state index contributed by atoms with van der Waals surface area (Å²) in [4.78, 5) is 15.0. The highest BCUT2D eigenvalue weighted by molar-refractivity contribution is 6.00. The molecular weight excluding hydrogens is 350 g/mol. The van der Waals surface area contributed by atoms with E-state index in [9.17, 15) is 4.79 Å². The largest absolute Gasteiger partial charge is 0.497 e. The van der Waals surface area contributed by atoms with Crippen LogP contribution in [0.15, 0.2) is 48.5 Å². The number of anilines is 2. The smallest absolute Gasteiger partial charge is 0.256 e. The van der Waals surface area contributed by atoms with E-state index in [-0.39, 0.29) is 18.3 Å². The van der Waals surface area contributed by atoms with E-state index in [1.807, 2.05) is 60.5 Å². The minimum absolute atomic E-state index is 0. The maximum Gasteiger partial charge on any atom is 0.256 e. The number of nitrogens with one attached hydrogen (secondary N) is 2. The summed E-state index contributed by atoms with van der Waals surface area (Å²) in [6.07, 6.45) is 2.15. The summed E-state index contributed by atoms with van der Waals surface area (Å²) >= 11 is 0. The molecule has 0 aliphatic carbocycles. The van der Waals surface area contributed by atoms with Crippen molar-refractivity contribution in [3.8, 4) is 5.75 Å². The number of para-hydroxylation sites is 1. The predicted octanol–water partition coefficient (Wildman–Crippen LogP) is 3.68. The van der Waals surface area contributed by atoms with Crippen LogP contribution in [0.2, 0.25) is 0 Å². The van der Waals surface area contributed by atoms with Crippen molar-refractivity contribution < 1.29 is 9.53 Å². The zero-order valence-corrected chi connectivity index (χ0v) is 16.0. The zero-order valence-electron chi connectivity index (χ0n) is 15.2. The third kappa shape index (κ3) is 4.68. The van der Waals surface area contributed by atoms with Gasteiger partial charge in [0.25, 0.3) is 5.91 Å². The molecule has 5 nitrogen and oxygen atoms in total. The highest BCUT2D eigenvalue weighted by Gasteiger charge is 2.24. The fourth-order valence-corrected chi connectivity index (χ4v) is 3.18. The standard InChI is InChI=1S/C20H25N3O2.ClH/c1-21-16-6-5-13-23(14-16)20(24)18-7-3-4-8-19(18)22-15-9-11-17(25-2)12-10-15;/h3-4,7-12,16,21-22H,5-6,13-14H2,1-2H3;1H. The average molecular weight is 376 g/mol. The van der Waals surface area contributed by atoms with E-state index in [0.29, 0.717) is 11.6 Å². The lowest BCUT2D eigenvalue weighted by Crippen LogP contribution is -2.47. The van der Waals surface area contributed by atoms with Crippen molar-refractivity contribution in [1.29, 1.82) is 0 Å². The molecule has 2 aromatic carbocycles. The third-order valence-corrected chi connectivity index (χ3v) is 4.64. The normalized spacial score (nSPS) is 16.5. The molecule has 3 rings (SSSR count). The van der Waals surface area contributed by atoms with Crippen LogP contribution in [-0.4, -0.2) is 44.1 Å². The molecule has 1 amide bonds. The molecule has 0 radical (unpaired) electrons. The molecule has 1 saturated heterocycles. The number of nitrogens with zero attached hydrogens (tertiary/aromatic N) is 1. The van der Waals surface area contributed by atoms with Crippen molar-refractivity contribution in [2.24, 2.45) is 0 Å². The summed E-state index contributed by atoms with van der Waals surface area (Å²) in [5, 5.41) is 6.63. The lowest BCUT2D eigenvalue weighted by atomic mass is 10.0. The van der Waals surface area contributed by atoms with Crippen LogP contribution in [0.4, 0.5) is 11.4 Å². The number of carbonyl (C=O) groups is 1. The van der Waals surface area contributed by atoms with Crippen LogP contribution in [0.3, 0.4) is 0 Å². The molecule has 1 unspecified atom stereocenters. The van der Waals surface area contributed by atoms with Gasteiger partial charge >= 0.3 is 0 Å². The van der Waals surface area contributed by atoms with E-state index in [2.05, 4.69) is 10.6 Å². The fraction of sp³-hybridized carbons (Fsp3) is 0.350. The van der Waals surface area contributed by atoms with E-state index in [1.54, 1.807) is 7.11 Å². The van der Waals surface area contributed by atoms with Gasteiger partial charge in [0.1, 0.15) is 5.75 Å². The van der Waals surface area contributed by atoms with Crippen molar-refractivity contribution in [2.75, 3.05) is 32.6 Å². The van der Waals surface area contributed by atoms with Gasteiger partial charge in [0, 0.05) is 24.8 Å².